The highest BCUT2D eigenvalue weighted by Crippen LogP contribution is 2.24. The number of nitrogens with zero attached hydrogens (tertiary/aromatic N) is 4. The van der Waals surface area contributed by atoms with Gasteiger partial charge in [-0.05, 0) is 6.92 Å². The molecule has 1 aromatic rings. The van der Waals surface area contributed by atoms with E-state index in [1.165, 1.54) is 5.56 Å². The van der Waals surface area contributed by atoms with Gasteiger partial charge in [-0.3, -0.25) is 4.68 Å². The largest absolute Gasteiger partial charge is 0.359 e. The van der Waals surface area contributed by atoms with Crippen molar-refractivity contribution in [3.63, 3.8) is 0 Å². The monoisotopic (exact) mass is 270 g/mol. The first-order valence-corrected chi connectivity index (χ1v) is 5.90. The van der Waals surface area contributed by atoms with Crippen LogP contribution in [0.1, 0.15) is 17.7 Å². The third-order valence-electron chi connectivity index (χ3n) is 2.37. The van der Waals surface area contributed by atoms with Gasteiger partial charge in [-0.1, -0.05) is 15.9 Å². The normalized spacial score (nSPS) is 10.1. The molecule has 0 fully saturated rings. The van der Waals surface area contributed by atoms with Crippen LogP contribution in [0.3, 0.4) is 0 Å². The minimum Gasteiger partial charge on any atom is -0.359 e. The van der Waals surface area contributed by atoms with Gasteiger partial charge in [-0.15, -0.1) is 0 Å². The summed E-state index contributed by atoms with van der Waals surface area (Å²) in [5, 5.41) is 13.7. The summed E-state index contributed by atoms with van der Waals surface area (Å²) in [5.41, 5.74) is 2.23. The van der Waals surface area contributed by atoms with Gasteiger partial charge in [0.15, 0.2) is 0 Å². The number of alkyl halides is 1. The zero-order valence-electron chi connectivity index (χ0n) is 9.29. The van der Waals surface area contributed by atoms with Crippen molar-refractivity contribution in [2.45, 2.75) is 18.7 Å². The summed E-state index contributed by atoms with van der Waals surface area (Å²) >= 11 is 3.46. The number of hydrogen-bond acceptors (Lipinski definition) is 3. The molecule has 1 aromatic heterocycles. The maximum atomic E-state index is 8.55. The van der Waals surface area contributed by atoms with Gasteiger partial charge in [0.1, 0.15) is 5.82 Å². The highest BCUT2D eigenvalue weighted by molar-refractivity contribution is 9.08. The number of hydrogen-bond donors (Lipinski definition) is 0. The molecule has 1 rings (SSSR count). The molecule has 0 saturated heterocycles. The van der Waals surface area contributed by atoms with E-state index in [1.807, 2.05) is 25.7 Å². The van der Waals surface area contributed by atoms with Crippen LogP contribution in [0.4, 0.5) is 5.82 Å². The van der Waals surface area contributed by atoms with E-state index in [0.717, 1.165) is 23.4 Å². The van der Waals surface area contributed by atoms with Crippen molar-refractivity contribution in [2.24, 2.45) is 7.05 Å². The first-order chi connectivity index (χ1) is 7.11. The number of halogens is 1. The molecule has 0 amide bonds. The molecular formula is C10H15BrN4. The Morgan fingerprint density at radius 2 is 2.27 bits per heavy atom. The van der Waals surface area contributed by atoms with E-state index < -0.39 is 0 Å². The Balaban J connectivity index is 2.97. The van der Waals surface area contributed by atoms with Crippen molar-refractivity contribution >= 4 is 21.7 Å². The van der Waals surface area contributed by atoms with Crippen LogP contribution in [0.15, 0.2) is 0 Å². The van der Waals surface area contributed by atoms with Crippen LogP contribution in [0, 0.1) is 18.3 Å². The van der Waals surface area contributed by atoms with Gasteiger partial charge in [-0.2, -0.15) is 10.4 Å². The first kappa shape index (κ1) is 12.1. The van der Waals surface area contributed by atoms with Crippen molar-refractivity contribution < 1.29 is 0 Å². The minimum atomic E-state index is 0.530. The van der Waals surface area contributed by atoms with E-state index in [-0.39, 0.29) is 0 Å². The van der Waals surface area contributed by atoms with Crippen LogP contribution >= 0.6 is 15.9 Å². The molecular weight excluding hydrogens is 256 g/mol. The molecule has 0 aliphatic rings. The second kappa shape index (κ2) is 5.17. The average molecular weight is 271 g/mol. The highest BCUT2D eigenvalue weighted by atomic mass is 79.9. The molecule has 1 heterocycles. The van der Waals surface area contributed by atoms with Crippen LogP contribution in [0.25, 0.3) is 0 Å². The molecule has 0 aliphatic heterocycles. The quantitative estimate of drug-likeness (QED) is 0.786. The number of anilines is 1. The highest BCUT2D eigenvalue weighted by Gasteiger charge is 2.15. The van der Waals surface area contributed by atoms with E-state index in [0.29, 0.717) is 6.42 Å². The fourth-order valence-corrected chi connectivity index (χ4v) is 2.30. The van der Waals surface area contributed by atoms with Gasteiger partial charge in [0, 0.05) is 31.5 Å². The molecule has 0 bridgehead atoms. The molecule has 82 valence electrons. The predicted octanol–water partition coefficient (Wildman–Crippen LogP) is 1.97. The molecule has 0 aliphatic carbocycles. The Morgan fingerprint density at radius 3 is 2.80 bits per heavy atom. The fraction of sp³-hybridized carbons (Fsp3) is 0.600. The van der Waals surface area contributed by atoms with Crippen LogP contribution in [0.5, 0.6) is 0 Å². The summed E-state index contributed by atoms with van der Waals surface area (Å²) in [6, 6.07) is 2.15. The Hall–Kier alpha value is -1.02. The molecule has 0 radical (unpaired) electrons. The molecule has 5 heteroatoms. The van der Waals surface area contributed by atoms with Gasteiger partial charge >= 0.3 is 0 Å². The van der Waals surface area contributed by atoms with Crippen molar-refractivity contribution in [3.05, 3.63) is 11.3 Å². The van der Waals surface area contributed by atoms with E-state index in [1.54, 1.807) is 0 Å². The summed E-state index contributed by atoms with van der Waals surface area (Å²) in [7, 11) is 3.91. The van der Waals surface area contributed by atoms with Gasteiger partial charge < -0.3 is 4.90 Å². The molecule has 0 spiro atoms. The standard InChI is InChI=1S/C10H15BrN4/c1-8-9(7-11)10(15(3)13-8)14(2)6-4-5-12/h4,6-7H2,1-3H3. The zero-order chi connectivity index (χ0) is 11.4. The van der Waals surface area contributed by atoms with Crippen LogP contribution in [-0.2, 0) is 12.4 Å². The maximum Gasteiger partial charge on any atom is 0.130 e. The smallest absolute Gasteiger partial charge is 0.130 e. The van der Waals surface area contributed by atoms with Crippen LogP contribution < -0.4 is 4.90 Å². The summed E-state index contributed by atoms with van der Waals surface area (Å²) in [6.07, 6.45) is 0.530. The van der Waals surface area contributed by atoms with E-state index in [9.17, 15) is 0 Å². The number of aromatic nitrogens is 2. The lowest BCUT2D eigenvalue weighted by molar-refractivity contribution is 0.727. The van der Waals surface area contributed by atoms with Gasteiger partial charge in [0.25, 0.3) is 0 Å². The van der Waals surface area contributed by atoms with Crippen molar-refractivity contribution in [1.29, 1.82) is 5.26 Å². The van der Waals surface area contributed by atoms with E-state index >= 15 is 0 Å². The predicted molar refractivity (Wildman–Crippen MR) is 64.1 cm³/mol. The summed E-state index contributed by atoms with van der Waals surface area (Å²) in [4.78, 5) is 2.07. The summed E-state index contributed by atoms with van der Waals surface area (Å²) in [5.74, 6) is 1.08. The van der Waals surface area contributed by atoms with E-state index in [4.69, 9.17) is 5.26 Å². The summed E-state index contributed by atoms with van der Waals surface area (Å²) < 4.78 is 1.86. The van der Waals surface area contributed by atoms with Crippen molar-refractivity contribution in [2.75, 3.05) is 18.5 Å². The van der Waals surface area contributed by atoms with Crippen LogP contribution in [-0.4, -0.2) is 23.4 Å². The van der Waals surface area contributed by atoms with Crippen LogP contribution in [0.2, 0.25) is 0 Å². The topological polar surface area (TPSA) is 44.9 Å². The number of nitriles is 1. The lowest BCUT2D eigenvalue weighted by Gasteiger charge is -2.19. The lowest BCUT2D eigenvalue weighted by atomic mass is 10.2. The molecule has 0 aromatic carbocycles. The number of aryl methyl sites for hydroxylation is 2. The lowest BCUT2D eigenvalue weighted by Crippen LogP contribution is -2.22. The fourth-order valence-electron chi connectivity index (χ4n) is 1.65. The summed E-state index contributed by atoms with van der Waals surface area (Å²) in [6.45, 7) is 2.73. The van der Waals surface area contributed by atoms with E-state index in [2.05, 4.69) is 32.0 Å². The van der Waals surface area contributed by atoms with Crippen molar-refractivity contribution in [3.8, 4) is 6.07 Å². The maximum absolute atomic E-state index is 8.55. The van der Waals surface area contributed by atoms with Gasteiger partial charge in [0.05, 0.1) is 18.2 Å². The third kappa shape index (κ3) is 2.51. The SMILES string of the molecule is Cc1nn(C)c(N(C)CCC#N)c1CBr. The molecule has 4 nitrogen and oxygen atoms in total. The second-order valence-corrected chi connectivity index (χ2v) is 4.04. The Labute approximate surface area is 98.6 Å². The van der Waals surface area contributed by atoms with Gasteiger partial charge in [0.2, 0.25) is 0 Å². The average Bonchev–Trinajstić information content (AvgIpc) is 2.49. The van der Waals surface area contributed by atoms with Crippen molar-refractivity contribution in [1.82, 2.24) is 9.78 Å². The molecule has 0 unspecified atom stereocenters. The second-order valence-electron chi connectivity index (χ2n) is 3.47. The first-order valence-electron chi connectivity index (χ1n) is 4.78. The molecule has 0 saturated carbocycles. The number of rotatable bonds is 4. The molecule has 15 heavy (non-hydrogen) atoms. The Bertz CT molecular complexity index is 378. The minimum absolute atomic E-state index is 0.530. The van der Waals surface area contributed by atoms with Gasteiger partial charge in [-0.25, -0.2) is 0 Å². The Morgan fingerprint density at radius 1 is 1.60 bits per heavy atom. The third-order valence-corrected chi connectivity index (χ3v) is 2.93. The molecule has 0 atom stereocenters. The zero-order valence-corrected chi connectivity index (χ0v) is 10.9. The molecule has 0 N–H and O–H groups in total. The Kier molecular flexibility index (Phi) is 4.15.